The summed E-state index contributed by atoms with van der Waals surface area (Å²) in [7, 11) is 0. The van der Waals surface area contributed by atoms with Gasteiger partial charge in [-0.05, 0) is 17.7 Å². The van der Waals surface area contributed by atoms with Gasteiger partial charge in [0, 0.05) is 25.2 Å². The van der Waals surface area contributed by atoms with Gasteiger partial charge in [-0.25, -0.2) is 0 Å². The second-order valence-corrected chi connectivity index (χ2v) is 5.72. The Morgan fingerprint density at radius 1 is 1.00 bits per heavy atom. The van der Waals surface area contributed by atoms with E-state index in [9.17, 15) is 4.79 Å². The summed E-state index contributed by atoms with van der Waals surface area (Å²) in [4.78, 5) is 14.9. The van der Waals surface area contributed by atoms with Crippen molar-refractivity contribution in [2.24, 2.45) is 0 Å². The molecule has 0 radical (unpaired) electrons. The molecular formula is C19H22N2O2. The van der Waals surface area contributed by atoms with E-state index in [0.717, 1.165) is 38.4 Å². The van der Waals surface area contributed by atoms with Crippen LogP contribution in [0.5, 0.6) is 0 Å². The summed E-state index contributed by atoms with van der Waals surface area (Å²) >= 11 is 0. The van der Waals surface area contributed by atoms with Crippen molar-refractivity contribution in [3.05, 3.63) is 71.8 Å². The molecular weight excluding hydrogens is 288 g/mol. The lowest BCUT2D eigenvalue weighted by Crippen LogP contribution is -2.43. The van der Waals surface area contributed by atoms with Gasteiger partial charge in [-0.1, -0.05) is 48.5 Å². The number of carbonyl (C=O) groups excluding carboxylic acids is 1. The number of benzene rings is 2. The highest BCUT2D eigenvalue weighted by molar-refractivity contribution is 5.94. The Morgan fingerprint density at radius 3 is 2.26 bits per heavy atom. The van der Waals surface area contributed by atoms with Gasteiger partial charge in [0.05, 0.1) is 19.3 Å². The highest BCUT2D eigenvalue weighted by Gasteiger charge is 2.20. The Hall–Kier alpha value is -2.17. The van der Waals surface area contributed by atoms with Crippen LogP contribution < -0.4 is 5.32 Å². The standard InChI is InChI=1S/C19H22N2O2/c22-19(17-9-5-2-6-10-17)20-18(16-7-3-1-4-8-16)15-21-11-13-23-14-12-21/h1-10,18H,11-15H2,(H,20,22). The first-order chi connectivity index (χ1) is 11.3. The van der Waals surface area contributed by atoms with Gasteiger partial charge in [-0.2, -0.15) is 0 Å². The first kappa shape index (κ1) is 15.7. The molecule has 1 heterocycles. The predicted octanol–water partition coefficient (Wildman–Crippen LogP) is 2.49. The second kappa shape index (κ2) is 7.90. The van der Waals surface area contributed by atoms with E-state index in [2.05, 4.69) is 22.3 Å². The summed E-state index contributed by atoms with van der Waals surface area (Å²) in [6, 6.07) is 19.5. The molecule has 23 heavy (non-hydrogen) atoms. The van der Waals surface area contributed by atoms with Crippen LogP contribution in [0, 0.1) is 0 Å². The molecule has 1 amide bonds. The van der Waals surface area contributed by atoms with E-state index in [-0.39, 0.29) is 11.9 Å². The Kier molecular flexibility index (Phi) is 5.40. The van der Waals surface area contributed by atoms with E-state index in [4.69, 9.17) is 4.74 Å². The van der Waals surface area contributed by atoms with Gasteiger partial charge >= 0.3 is 0 Å². The number of carbonyl (C=O) groups is 1. The Labute approximate surface area is 137 Å². The Balaban J connectivity index is 1.73. The Morgan fingerprint density at radius 2 is 1.61 bits per heavy atom. The van der Waals surface area contributed by atoms with Crippen molar-refractivity contribution < 1.29 is 9.53 Å². The highest BCUT2D eigenvalue weighted by Crippen LogP contribution is 2.16. The van der Waals surface area contributed by atoms with E-state index in [1.165, 1.54) is 0 Å². The summed E-state index contributed by atoms with van der Waals surface area (Å²) in [6.45, 7) is 4.13. The van der Waals surface area contributed by atoms with Crippen LogP contribution in [0.2, 0.25) is 0 Å². The minimum Gasteiger partial charge on any atom is -0.379 e. The lowest BCUT2D eigenvalue weighted by molar-refractivity contribution is 0.0332. The number of hydrogen-bond donors (Lipinski definition) is 1. The van der Waals surface area contributed by atoms with Crippen LogP contribution in [-0.4, -0.2) is 43.7 Å². The SMILES string of the molecule is O=C(NC(CN1CCOCC1)c1ccccc1)c1ccccc1. The average Bonchev–Trinajstić information content (AvgIpc) is 2.63. The van der Waals surface area contributed by atoms with Crippen molar-refractivity contribution in [1.29, 1.82) is 0 Å². The fourth-order valence-electron chi connectivity index (χ4n) is 2.79. The van der Waals surface area contributed by atoms with E-state index in [0.29, 0.717) is 5.56 Å². The Bertz CT molecular complexity index is 610. The molecule has 3 rings (SSSR count). The van der Waals surface area contributed by atoms with E-state index >= 15 is 0 Å². The fourth-order valence-corrected chi connectivity index (χ4v) is 2.79. The lowest BCUT2D eigenvalue weighted by Gasteiger charge is -2.31. The third kappa shape index (κ3) is 4.41. The average molecular weight is 310 g/mol. The molecule has 1 aliphatic rings. The van der Waals surface area contributed by atoms with Gasteiger partial charge in [0.2, 0.25) is 0 Å². The number of morpholine rings is 1. The molecule has 2 aromatic carbocycles. The number of nitrogens with one attached hydrogen (secondary N) is 1. The van der Waals surface area contributed by atoms with E-state index in [1.54, 1.807) is 0 Å². The minimum absolute atomic E-state index is 0.0259. The van der Waals surface area contributed by atoms with Gasteiger partial charge in [-0.3, -0.25) is 9.69 Å². The molecule has 0 bridgehead atoms. The number of nitrogens with zero attached hydrogens (tertiary/aromatic N) is 1. The van der Waals surface area contributed by atoms with Crippen LogP contribution in [0.4, 0.5) is 0 Å². The monoisotopic (exact) mass is 310 g/mol. The molecule has 4 nitrogen and oxygen atoms in total. The number of amides is 1. The van der Waals surface area contributed by atoms with Crippen LogP contribution in [0.15, 0.2) is 60.7 Å². The maximum atomic E-state index is 12.5. The summed E-state index contributed by atoms with van der Waals surface area (Å²) in [5.41, 5.74) is 1.82. The highest BCUT2D eigenvalue weighted by atomic mass is 16.5. The largest absolute Gasteiger partial charge is 0.379 e. The van der Waals surface area contributed by atoms with Crippen LogP contribution in [0.1, 0.15) is 22.0 Å². The van der Waals surface area contributed by atoms with Crippen molar-refractivity contribution in [3.63, 3.8) is 0 Å². The zero-order valence-electron chi connectivity index (χ0n) is 13.2. The number of rotatable bonds is 5. The fraction of sp³-hybridized carbons (Fsp3) is 0.316. The third-order valence-electron chi connectivity index (χ3n) is 4.09. The number of hydrogen-bond acceptors (Lipinski definition) is 3. The molecule has 0 saturated carbocycles. The van der Waals surface area contributed by atoms with Crippen molar-refractivity contribution in [2.45, 2.75) is 6.04 Å². The van der Waals surface area contributed by atoms with Crippen LogP contribution in [-0.2, 0) is 4.74 Å². The van der Waals surface area contributed by atoms with Gasteiger partial charge in [0.1, 0.15) is 0 Å². The van der Waals surface area contributed by atoms with Crippen LogP contribution in [0.3, 0.4) is 0 Å². The molecule has 120 valence electrons. The van der Waals surface area contributed by atoms with Crippen molar-refractivity contribution >= 4 is 5.91 Å². The minimum atomic E-state index is -0.0345. The summed E-state index contributed by atoms with van der Waals surface area (Å²) in [5.74, 6) is -0.0345. The summed E-state index contributed by atoms with van der Waals surface area (Å²) in [6.07, 6.45) is 0. The van der Waals surface area contributed by atoms with Gasteiger partial charge in [-0.15, -0.1) is 0 Å². The molecule has 0 aliphatic carbocycles. The van der Waals surface area contributed by atoms with E-state index < -0.39 is 0 Å². The zero-order chi connectivity index (χ0) is 15.9. The molecule has 1 N–H and O–H groups in total. The predicted molar refractivity (Wildman–Crippen MR) is 90.4 cm³/mol. The molecule has 0 spiro atoms. The molecule has 1 unspecified atom stereocenters. The molecule has 1 atom stereocenters. The van der Waals surface area contributed by atoms with Gasteiger partial charge < -0.3 is 10.1 Å². The first-order valence-electron chi connectivity index (χ1n) is 8.04. The summed E-state index contributed by atoms with van der Waals surface area (Å²) < 4.78 is 5.41. The first-order valence-corrected chi connectivity index (χ1v) is 8.04. The van der Waals surface area contributed by atoms with Crippen LogP contribution in [0.25, 0.3) is 0 Å². The maximum Gasteiger partial charge on any atom is 0.251 e. The van der Waals surface area contributed by atoms with Crippen molar-refractivity contribution in [2.75, 3.05) is 32.8 Å². The third-order valence-corrected chi connectivity index (χ3v) is 4.09. The molecule has 1 saturated heterocycles. The molecule has 4 heteroatoms. The molecule has 2 aromatic rings. The second-order valence-electron chi connectivity index (χ2n) is 5.72. The quantitative estimate of drug-likeness (QED) is 0.922. The topological polar surface area (TPSA) is 41.6 Å². The smallest absolute Gasteiger partial charge is 0.251 e. The lowest BCUT2D eigenvalue weighted by atomic mass is 10.1. The summed E-state index contributed by atoms with van der Waals surface area (Å²) in [5, 5.41) is 3.18. The molecule has 1 fully saturated rings. The van der Waals surface area contributed by atoms with Crippen LogP contribution >= 0.6 is 0 Å². The van der Waals surface area contributed by atoms with Gasteiger partial charge in [0.25, 0.3) is 5.91 Å². The van der Waals surface area contributed by atoms with E-state index in [1.807, 2.05) is 48.5 Å². The molecule has 0 aromatic heterocycles. The normalized spacial score (nSPS) is 16.7. The molecule has 1 aliphatic heterocycles. The van der Waals surface area contributed by atoms with Crippen molar-refractivity contribution in [1.82, 2.24) is 10.2 Å². The van der Waals surface area contributed by atoms with Gasteiger partial charge in [0.15, 0.2) is 0 Å². The van der Waals surface area contributed by atoms with Crippen molar-refractivity contribution in [3.8, 4) is 0 Å². The maximum absolute atomic E-state index is 12.5. The number of ether oxygens (including phenoxy) is 1. The zero-order valence-corrected chi connectivity index (χ0v) is 13.2.